The van der Waals surface area contributed by atoms with Gasteiger partial charge in [-0.2, -0.15) is 0 Å². The summed E-state index contributed by atoms with van der Waals surface area (Å²) in [6, 6.07) is 8.34. The van der Waals surface area contributed by atoms with E-state index in [-0.39, 0.29) is 5.91 Å². The highest BCUT2D eigenvalue weighted by Crippen LogP contribution is 2.33. The Morgan fingerprint density at radius 1 is 1.36 bits per heavy atom. The van der Waals surface area contributed by atoms with Crippen LogP contribution in [0.5, 0.6) is 0 Å². The molecule has 130 valence electrons. The van der Waals surface area contributed by atoms with Gasteiger partial charge in [-0.05, 0) is 50.2 Å². The van der Waals surface area contributed by atoms with Gasteiger partial charge < -0.3 is 9.88 Å². The van der Waals surface area contributed by atoms with Gasteiger partial charge in [0, 0.05) is 36.6 Å². The van der Waals surface area contributed by atoms with Crippen molar-refractivity contribution in [2.24, 2.45) is 0 Å². The third kappa shape index (κ3) is 3.07. The average molecular weight is 354 g/mol. The smallest absolute Gasteiger partial charge is 0.263 e. The molecule has 0 aliphatic carbocycles. The Morgan fingerprint density at radius 3 is 3.00 bits per heavy atom. The zero-order valence-corrected chi connectivity index (χ0v) is 15.1. The van der Waals surface area contributed by atoms with Gasteiger partial charge in [0.15, 0.2) is 0 Å². The lowest BCUT2D eigenvalue weighted by Gasteiger charge is -2.22. The van der Waals surface area contributed by atoms with Gasteiger partial charge in [-0.3, -0.25) is 9.69 Å². The van der Waals surface area contributed by atoms with Gasteiger partial charge in [-0.1, -0.05) is 6.92 Å². The summed E-state index contributed by atoms with van der Waals surface area (Å²) >= 11 is 1.46. The Kier molecular flexibility index (Phi) is 4.55. The van der Waals surface area contributed by atoms with Crippen molar-refractivity contribution in [3.8, 4) is 5.69 Å². The molecular weight excluding hydrogens is 332 g/mol. The van der Waals surface area contributed by atoms with E-state index in [1.54, 1.807) is 6.20 Å². The van der Waals surface area contributed by atoms with Crippen LogP contribution in [0, 0.1) is 0 Å². The molecule has 4 heterocycles. The van der Waals surface area contributed by atoms with Gasteiger partial charge in [0.1, 0.15) is 9.71 Å². The first kappa shape index (κ1) is 16.3. The molecule has 3 aromatic heterocycles. The molecule has 0 bridgehead atoms. The predicted molar refractivity (Wildman–Crippen MR) is 102 cm³/mol. The first-order valence-corrected chi connectivity index (χ1v) is 9.62. The number of pyridine rings is 1. The SMILES string of the molecule is CCN1CCC[C@H]1CNC(=O)c1sc2ncccc2c1-n1cccc1. The summed E-state index contributed by atoms with van der Waals surface area (Å²) in [5.41, 5.74) is 0.925. The summed E-state index contributed by atoms with van der Waals surface area (Å²) in [4.78, 5) is 21.4. The largest absolute Gasteiger partial charge is 0.350 e. The highest BCUT2D eigenvalue weighted by atomic mass is 32.1. The van der Waals surface area contributed by atoms with Crippen molar-refractivity contribution in [2.75, 3.05) is 19.6 Å². The fourth-order valence-corrected chi connectivity index (χ4v) is 4.71. The predicted octanol–water partition coefficient (Wildman–Crippen LogP) is 3.30. The fourth-order valence-electron chi connectivity index (χ4n) is 3.65. The van der Waals surface area contributed by atoms with Crippen molar-refractivity contribution in [1.82, 2.24) is 19.8 Å². The topological polar surface area (TPSA) is 50.2 Å². The van der Waals surface area contributed by atoms with Crippen molar-refractivity contribution < 1.29 is 4.79 Å². The summed E-state index contributed by atoms with van der Waals surface area (Å²) in [5.74, 6) is -0.00495. The summed E-state index contributed by atoms with van der Waals surface area (Å²) in [5, 5.41) is 4.18. The van der Waals surface area contributed by atoms with E-state index < -0.39 is 0 Å². The van der Waals surface area contributed by atoms with E-state index in [0.29, 0.717) is 12.6 Å². The molecule has 6 heteroatoms. The summed E-state index contributed by atoms with van der Waals surface area (Å²) < 4.78 is 2.00. The van der Waals surface area contributed by atoms with Crippen LogP contribution in [0.25, 0.3) is 15.9 Å². The molecule has 1 aliphatic heterocycles. The number of rotatable bonds is 5. The molecule has 25 heavy (non-hydrogen) atoms. The van der Waals surface area contributed by atoms with Crippen LogP contribution < -0.4 is 5.32 Å². The second-order valence-electron chi connectivity index (χ2n) is 6.36. The van der Waals surface area contributed by atoms with Crippen LogP contribution in [0.3, 0.4) is 0 Å². The van der Waals surface area contributed by atoms with E-state index >= 15 is 0 Å². The molecule has 4 rings (SSSR count). The molecule has 0 radical (unpaired) electrons. The summed E-state index contributed by atoms with van der Waals surface area (Å²) in [7, 11) is 0. The van der Waals surface area contributed by atoms with Gasteiger partial charge in [0.2, 0.25) is 0 Å². The minimum absolute atomic E-state index is 0.00495. The molecule has 1 saturated heterocycles. The molecule has 1 amide bonds. The third-order valence-corrected chi connectivity index (χ3v) is 6.01. The maximum atomic E-state index is 12.9. The highest BCUT2D eigenvalue weighted by Gasteiger charge is 2.25. The number of amides is 1. The van der Waals surface area contributed by atoms with Crippen molar-refractivity contribution in [2.45, 2.75) is 25.8 Å². The number of aromatic nitrogens is 2. The number of hydrogen-bond donors (Lipinski definition) is 1. The Bertz CT molecular complexity index is 871. The Morgan fingerprint density at radius 2 is 2.20 bits per heavy atom. The third-order valence-electron chi connectivity index (χ3n) is 4.91. The Labute approximate surface area is 151 Å². The van der Waals surface area contributed by atoms with E-state index in [0.717, 1.165) is 40.3 Å². The zero-order valence-electron chi connectivity index (χ0n) is 14.3. The fraction of sp³-hybridized carbons (Fsp3) is 0.368. The number of likely N-dealkylation sites (tertiary alicyclic amines) is 1. The number of carbonyl (C=O) groups excluding carboxylic acids is 1. The van der Waals surface area contributed by atoms with Gasteiger partial charge in [0.05, 0.1) is 5.69 Å². The monoisotopic (exact) mass is 354 g/mol. The number of thiophene rings is 1. The lowest BCUT2D eigenvalue weighted by Crippen LogP contribution is -2.40. The van der Waals surface area contributed by atoms with Gasteiger partial charge in [0.25, 0.3) is 5.91 Å². The van der Waals surface area contributed by atoms with Crippen LogP contribution in [0.2, 0.25) is 0 Å². The molecule has 1 N–H and O–H groups in total. The van der Waals surface area contributed by atoms with Crippen LogP contribution in [0.1, 0.15) is 29.4 Å². The summed E-state index contributed by atoms with van der Waals surface area (Å²) in [6.07, 6.45) is 8.10. The highest BCUT2D eigenvalue weighted by molar-refractivity contribution is 7.21. The van der Waals surface area contributed by atoms with E-state index in [1.165, 1.54) is 17.8 Å². The molecular formula is C19H22N4OS. The minimum Gasteiger partial charge on any atom is -0.350 e. The van der Waals surface area contributed by atoms with E-state index in [9.17, 15) is 4.79 Å². The standard InChI is InChI=1S/C19H22N4OS/c1-2-22-12-6-7-14(22)13-21-18(24)17-16(23-10-3-4-11-23)15-8-5-9-20-19(15)25-17/h3-5,8-11,14H,2,6-7,12-13H2,1H3,(H,21,24)/t14-/m0/s1. The molecule has 3 aromatic rings. The van der Waals surface area contributed by atoms with Gasteiger partial charge in [-0.15, -0.1) is 11.3 Å². The quantitative estimate of drug-likeness (QED) is 0.765. The summed E-state index contributed by atoms with van der Waals surface area (Å²) in [6.45, 7) is 5.07. The van der Waals surface area contributed by atoms with E-state index in [4.69, 9.17) is 0 Å². The maximum absolute atomic E-state index is 12.9. The molecule has 1 fully saturated rings. The molecule has 5 nitrogen and oxygen atoms in total. The zero-order chi connectivity index (χ0) is 17.2. The second-order valence-corrected chi connectivity index (χ2v) is 7.36. The normalized spacial score (nSPS) is 18.0. The first-order chi connectivity index (χ1) is 12.3. The number of hydrogen-bond acceptors (Lipinski definition) is 4. The Hall–Kier alpha value is -2.18. The van der Waals surface area contributed by atoms with Crippen molar-refractivity contribution in [3.05, 3.63) is 47.7 Å². The molecule has 1 aliphatic rings. The molecule has 0 unspecified atom stereocenters. The molecule has 0 aromatic carbocycles. The number of nitrogens with one attached hydrogen (secondary N) is 1. The average Bonchev–Trinajstić information content (AvgIpc) is 3.37. The van der Waals surface area contributed by atoms with E-state index in [1.807, 2.05) is 41.2 Å². The number of fused-ring (bicyclic) bond motifs is 1. The van der Waals surface area contributed by atoms with Crippen molar-refractivity contribution >= 4 is 27.5 Å². The molecule has 0 saturated carbocycles. The van der Waals surface area contributed by atoms with Crippen LogP contribution in [-0.4, -0.2) is 46.0 Å². The first-order valence-electron chi connectivity index (χ1n) is 8.81. The Balaban J connectivity index is 1.62. The number of likely N-dealkylation sites (N-methyl/N-ethyl adjacent to an activating group) is 1. The second kappa shape index (κ2) is 6.98. The van der Waals surface area contributed by atoms with Crippen LogP contribution in [0.4, 0.5) is 0 Å². The van der Waals surface area contributed by atoms with Gasteiger partial charge >= 0.3 is 0 Å². The lowest BCUT2D eigenvalue weighted by atomic mass is 10.2. The van der Waals surface area contributed by atoms with Crippen molar-refractivity contribution in [1.29, 1.82) is 0 Å². The number of carbonyl (C=O) groups is 1. The number of nitrogens with zero attached hydrogens (tertiary/aromatic N) is 3. The van der Waals surface area contributed by atoms with Crippen LogP contribution in [0.15, 0.2) is 42.9 Å². The minimum atomic E-state index is -0.00495. The molecule has 0 spiro atoms. The van der Waals surface area contributed by atoms with E-state index in [2.05, 4.69) is 22.1 Å². The maximum Gasteiger partial charge on any atom is 0.263 e. The van der Waals surface area contributed by atoms with Crippen molar-refractivity contribution in [3.63, 3.8) is 0 Å². The molecule has 1 atom stereocenters. The van der Waals surface area contributed by atoms with Gasteiger partial charge in [-0.25, -0.2) is 4.98 Å². The van der Waals surface area contributed by atoms with Crippen LogP contribution in [-0.2, 0) is 0 Å². The van der Waals surface area contributed by atoms with Crippen LogP contribution >= 0.6 is 11.3 Å². The lowest BCUT2D eigenvalue weighted by molar-refractivity contribution is 0.0945.